The topological polar surface area (TPSA) is 77.5 Å². The number of thioether (sulfide) groups is 1. The van der Waals surface area contributed by atoms with Crippen molar-refractivity contribution in [3.8, 4) is 11.5 Å². The second-order valence-corrected chi connectivity index (χ2v) is 10.2. The van der Waals surface area contributed by atoms with E-state index in [1.54, 1.807) is 13.2 Å². The van der Waals surface area contributed by atoms with E-state index < -0.39 is 22.8 Å². The van der Waals surface area contributed by atoms with E-state index in [-0.39, 0.29) is 6.61 Å². The van der Waals surface area contributed by atoms with Gasteiger partial charge in [0.25, 0.3) is 0 Å². The molecule has 0 aromatic heterocycles. The van der Waals surface area contributed by atoms with Gasteiger partial charge in [0.05, 0.1) is 19.1 Å². The second-order valence-electron chi connectivity index (χ2n) is 9.05. The van der Waals surface area contributed by atoms with Gasteiger partial charge in [0.1, 0.15) is 18.1 Å². The van der Waals surface area contributed by atoms with Gasteiger partial charge in [0, 0.05) is 38.8 Å². The first-order chi connectivity index (χ1) is 17.4. The molecule has 4 rings (SSSR count). The van der Waals surface area contributed by atoms with E-state index in [0.29, 0.717) is 17.9 Å². The third kappa shape index (κ3) is 6.07. The number of ether oxygens (including phenoxy) is 4. The molecule has 194 valence electrons. The number of carbonyl (C=O) groups is 2. The van der Waals surface area contributed by atoms with Crippen LogP contribution in [-0.4, -0.2) is 81.2 Å². The van der Waals surface area contributed by atoms with E-state index in [2.05, 4.69) is 34.1 Å². The van der Waals surface area contributed by atoms with Gasteiger partial charge in [0.15, 0.2) is 10.9 Å². The van der Waals surface area contributed by atoms with E-state index in [0.717, 1.165) is 44.0 Å². The maximum Gasteiger partial charge on any atom is 0.323 e. The van der Waals surface area contributed by atoms with E-state index in [1.165, 1.54) is 31.5 Å². The standard InChI is InChI=1S/C27H34N2O6S/c1-20(30)35-27(12-7-13-28-14-16-29(17-15-28)21-8-5-4-6-9-21)19-34-23-11-10-22(32-2)18-24(23)36-25(27)26(31)33-3/h4-6,8-11,18,25H,7,12-17,19H2,1-3H3/t25-,27+/m0/s1. The molecule has 0 spiro atoms. The van der Waals surface area contributed by atoms with E-state index in [9.17, 15) is 9.59 Å². The van der Waals surface area contributed by atoms with Crippen LogP contribution in [-0.2, 0) is 19.1 Å². The summed E-state index contributed by atoms with van der Waals surface area (Å²) in [5.41, 5.74) is 0.0949. The van der Waals surface area contributed by atoms with Crippen LogP contribution in [0.4, 0.5) is 5.69 Å². The number of hydrogen-bond acceptors (Lipinski definition) is 9. The van der Waals surface area contributed by atoms with Gasteiger partial charge in [-0.2, -0.15) is 0 Å². The van der Waals surface area contributed by atoms with Crippen molar-refractivity contribution in [3.63, 3.8) is 0 Å². The number of nitrogens with zero attached hydrogens (tertiary/aromatic N) is 2. The van der Waals surface area contributed by atoms with Crippen LogP contribution in [0, 0.1) is 0 Å². The third-order valence-corrected chi connectivity index (χ3v) is 8.11. The fourth-order valence-electron chi connectivity index (χ4n) is 4.80. The number of methoxy groups -OCH3 is 2. The molecular weight excluding hydrogens is 480 g/mol. The molecule has 8 nitrogen and oxygen atoms in total. The van der Waals surface area contributed by atoms with Gasteiger partial charge in [-0.25, -0.2) is 0 Å². The molecule has 2 atom stereocenters. The zero-order chi connectivity index (χ0) is 25.5. The lowest BCUT2D eigenvalue weighted by Gasteiger charge is -2.38. The van der Waals surface area contributed by atoms with Crippen LogP contribution in [0.3, 0.4) is 0 Å². The summed E-state index contributed by atoms with van der Waals surface area (Å²) in [4.78, 5) is 30.8. The molecule has 2 aliphatic heterocycles. The molecule has 1 saturated heterocycles. The lowest BCUT2D eigenvalue weighted by atomic mass is 9.93. The minimum atomic E-state index is -1.15. The Morgan fingerprint density at radius 2 is 1.83 bits per heavy atom. The van der Waals surface area contributed by atoms with Gasteiger partial charge in [0.2, 0.25) is 0 Å². The maximum atomic E-state index is 13.0. The first kappa shape index (κ1) is 26.2. The molecule has 2 aromatic rings. The highest BCUT2D eigenvalue weighted by Gasteiger charge is 2.50. The first-order valence-corrected chi connectivity index (χ1v) is 13.1. The average Bonchev–Trinajstić information content (AvgIpc) is 3.05. The molecule has 9 heteroatoms. The summed E-state index contributed by atoms with van der Waals surface area (Å²) >= 11 is 1.30. The molecular formula is C27H34N2O6S. The Balaban J connectivity index is 1.45. The number of esters is 2. The molecule has 0 aliphatic carbocycles. The molecule has 0 radical (unpaired) electrons. The van der Waals surface area contributed by atoms with Crippen molar-refractivity contribution in [1.29, 1.82) is 0 Å². The highest BCUT2D eigenvalue weighted by atomic mass is 32.2. The number of piperazine rings is 1. The summed E-state index contributed by atoms with van der Waals surface area (Å²) in [5, 5.41) is -0.769. The van der Waals surface area contributed by atoms with Crippen molar-refractivity contribution >= 4 is 29.4 Å². The van der Waals surface area contributed by atoms with Crippen molar-refractivity contribution in [3.05, 3.63) is 48.5 Å². The van der Waals surface area contributed by atoms with Crippen LogP contribution in [0.25, 0.3) is 0 Å². The van der Waals surface area contributed by atoms with Crippen LogP contribution in [0.2, 0.25) is 0 Å². The minimum Gasteiger partial charge on any atom is -0.497 e. The van der Waals surface area contributed by atoms with Gasteiger partial charge in [-0.1, -0.05) is 18.2 Å². The summed E-state index contributed by atoms with van der Waals surface area (Å²) in [6.07, 6.45) is 1.22. The zero-order valence-electron chi connectivity index (χ0n) is 21.1. The fraction of sp³-hybridized carbons (Fsp3) is 0.481. The van der Waals surface area contributed by atoms with Crippen LogP contribution in [0.15, 0.2) is 53.4 Å². The molecule has 2 heterocycles. The number of rotatable bonds is 8. The van der Waals surface area contributed by atoms with Crippen molar-refractivity contribution in [1.82, 2.24) is 4.90 Å². The predicted molar refractivity (Wildman–Crippen MR) is 139 cm³/mol. The largest absolute Gasteiger partial charge is 0.497 e. The molecule has 0 amide bonds. The monoisotopic (exact) mass is 514 g/mol. The summed E-state index contributed by atoms with van der Waals surface area (Å²) in [6.45, 7) is 6.09. The minimum absolute atomic E-state index is 0.0699. The molecule has 2 aromatic carbocycles. The number of carbonyl (C=O) groups excluding carboxylic acids is 2. The van der Waals surface area contributed by atoms with Gasteiger partial charge >= 0.3 is 11.9 Å². The van der Waals surface area contributed by atoms with Crippen LogP contribution in [0.5, 0.6) is 11.5 Å². The van der Waals surface area contributed by atoms with Crippen molar-refractivity contribution in [2.24, 2.45) is 0 Å². The smallest absolute Gasteiger partial charge is 0.323 e. The van der Waals surface area contributed by atoms with Gasteiger partial charge in [-0.15, -0.1) is 11.8 Å². The van der Waals surface area contributed by atoms with Gasteiger partial charge < -0.3 is 23.8 Å². The summed E-state index contributed by atoms with van der Waals surface area (Å²) < 4.78 is 22.5. The molecule has 36 heavy (non-hydrogen) atoms. The Hall–Kier alpha value is -2.91. The Bertz CT molecular complexity index is 1040. The summed E-state index contributed by atoms with van der Waals surface area (Å²) in [5.74, 6) is 0.383. The summed E-state index contributed by atoms with van der Waals surface area (Å²) in [6, 6.07) is 15.9. The van der Waals surface area contributed by atoms with E-state index in [4.69, 9.17) is 18.9 Å². The zero-order valence-corrected chi connectivity index (χ0v) is 21.9. The Morgan fingerprint density at radius 1 is 1.08 bits per heavy atom. The maximum absolute atomic E-state index is 13.0. The first-order valence-electron chi connectivity index (χ1n) is 12.2. The highest BCUT2D eigenvalue weighted by molar-refractivity contribution is 8.00. The van der Waals surface area contributed by atoms with Gasteiger partial charge in [-0.3, -0.25) is 14.5 Å². The molecule has 0 bridgehead atoms. The SMILES string of the molecule is COC(=O)[C@@H]1Sc2cc(OC)ccc2OC[C@@]1(CCCN1CCN(c2ccccc2)CC1)OC(C)=O. The number of anilines is 1. The molecule has 0 saturated carbocycles. The second kappa shape index (κ2) is 11.9. The quantitative estimate of drug-likeness (QED) is 0.491. The molecule has 0 unspecified atom stereocenters. The number of fused-ring (bicyclic) bond motifs is 1. The Kier molecular flexibility index (Phi) is 8.64. The Morgan fingerprint density at radius 3 is 2.50 bits per heavy atom. The predicted octanol–water partition coefficient (Wildman–Crippen LogP) is 3.63. The van der Waals surface area contributed by atoms with Crippen LogP contribution >= 0.6 is 11.8 Å². The van der Waals surface area contributed by atoms with E-state index in [1.807, 2.05) is 18.2 Å². The molecule has 2 aliphatic rings. The number of para-hydroxylation sites is 1. The van der Waals surface area contributed by atoms with Gasteiger partial charge in [-0.05, 0) is 49.7 Å². The number of benzene rings is 2. The molecule has 1 fully saturated rings. The third-order valence-electron chi connectivity index (χ3n) is 6.68. The molecule has 0 N–H and O–H groups in total. The van der Waals surface area contributed by atoms with Crippen molar-refractivity contribution in [2.45, 2.75) is 35.5 Å². The van der Waals surface area contributed by atoms with Crippen LogP contribution < -0.4 is 14.4 Å². The highest BCUT2D eigenvalue weighted by Crippen LogP contribution is 2.45. The Labute approximate surface area is 216 Å². The lowest BCUT2D eigenvalue weighted by Crippen LogP contribution is -2.53. The van der Waals surface area contributed by atoms with E-state index >= 15 is 0 Å². The van der Waals surface area contributed by atoms with Crippen molar-refractivity contribution < 1.29 is 28.5 Å². The average molecular weight is 515 g/mol. The van der Waals surface area contributed by atoms with Crippen LogP contribution in [0.1, 0.15) is 19.8 Å². The lowest BCUT2D eigenvalue weighted by molar-refractivity contribution is -0.167. The summed E-state index contributed by atoms with van der Waals surface area (Å²) in [7, 11) is 2.94. The number of hydrogen-bond donors (Lipinski definition) is 0. The normalized spacial score (nSPS) is 22.1. The van der Waals surface area contributed by atoms with Crippen molar-refractivity contribution in [2.75, 3.05) is 58.5 Å². The fourth-order valence-corrected chi connectivity index (χ4v) is 6.12.